The maximum atomic E-state index is 13.5. The predicted molar refractivity (Wildman–Crippen MR) is 84.7 cm³/mol. The minimum atomic E-state index is -0.438. The van der Waals surface area contributed by atoms with Gasteiger partial charge in [-0.1, -0.05) is 18.2 Å². The SMILES string of the molecule is O=C(COc1ccccc1F)N(CCc1cccs1)C1CC1. The van der Waals surface area contributed by atoms with Crippen molar-refractivity contribution in [2.75, 3.05) is 13.2 Å². The lowest BCUT2D eigenvalue weighted by Crippen LogP contribution is -2.38. The van der Waals surface area contributed by atoms with E-state index in [0.29, 0.717) is 12.6 Å². The second-order valence-electron chi connectivity index (χ2n) is 5.37. The monoisotopic (exact) mass is 319 g/mol. The number of carbonyl (C=O) groups is 1. The number of benzene rings is 1. The van der Waals surface area contributed by atoms with Gasteiger partial charge in [-0.2, -0.15) is 0 Å². The first kappa shape index (κ1) is 15.0. The van der Waals surface area contributed by atoms with Gasteiger partial charge in [-0.3, -0.25) is 4.79 Å². The summed E-state index contributed by atoms with van der Waals surface area (Å²) in [5, 5.41) is 2.04. The molecule has 22 heavy (non-hydrogen) atoms. The van der Waals surface area contributed by atoms with Gasteiger partial charge in [0.1, 0.15) is 0 Å². The molecule has 0 aliphatic heterocycles. The van der Waals surface area contributed by atoms with Crippen molar-refractivity contribution in [2.45, 2.75) is 25.3 Å². The summed E-state index contributed by atoms with van der Waals surface area (Å²) in [7, 11) is 0. The van der Waals surface area contributed by atoms with E-state index in [-0.39, 0.29) is 18.3 Å². The van der Waals surface area contributed by atoms with Crippen LogP contribution < -0.4 is 4.74 Å². The Morgan fingerprint density at radius 1 is 1.27 bits per heavy atom. The van der Waals surface area contributed by atoms with Gasteiger partial charge in [0.2, 0.25) is 0 Å². The maximum Gasteiger partial charge on any atom is 0.260 e. The Morgan fingerprint density at radius 2 is 2.09 bits per heavy atom. The Hall–Kier alpha value is -1.88. The van der Waals surface area contributed by atoms with Crippen molar-refractivity contribution in [1.82, 2.24) is 4.90 Å². The predicted octanol–water partition coefficient (Wildman–Crippen LogP) is 3.50. The molecule has 1 aliphatic carbocycles. The molecule has 1 aromatic carbocycles. The van der Waals surface area contributed by atoms with E-state index in [0.717, 1.165) is 19.3 Å². The summed E-state index contributed by atoms with van der Waals surface area (Å²) in [5.41, 5.74) is 0. The van der Waals surface area contributed by atoms with Crippen LogP contribution in [-0.4, -0.2) is 30.0 Å². The van der Waals surface area contributed by atoms with Crippen molar-refractivity contribution >= 4 is 17.2 Å². The molecule has 1 saturated carbocycles. The molecule has 0 N–H and O–H groups in total. The maximum absolute atomic E-state index is 13.5. The van der Waals surface area contributed by atoms with Gasteiger partial charge in [0.25, 0.3) is 5.91 Å². The van der Waals surface area contributed by atoms with E-state index in [2.05, 4.69) is 6.07 Å². The van der Waals surface area contributed by atoms with Crippen molar-refractivity contribution in [3.05, 3.63) is 52.5 Å². The first-order valence-electron chi connectivity index (χ1n) is 7.43. The number of thiophene rings is 1. The molecule has 0 unspecified atom stereocenters. The van der Waals surface area contributed by atoms with Gasteiger partial charge in [0, 0.05) is 17.5 Å². The highest BCUT2D eigenvalue weighted by molar-refractivity contribution is 7.09. The summed E-state index contributed by atoms with van der Waals surface area (Å²) in [4.78, 5) is 15.5. The molecule has 0 spiro atoms. The first-order valence-corrected chi connectivity index (χ1v) is 8.31. The zero-order valence-electron chi connectivity index (χ0n) is 12.2. The normalized spacial score (nSPS) is 13.9. The minimum absolute atomic E-state index is 0.0673. The molecule has 0 radical (unpaired) electrons. The number of halogens is 1. The van der Waals surface area contributed by atoms with Gasteiger partial charge in [-0.15, -0.1) is 11.3 Å². The van der Waals surface area contributed by atoms with Crippen LogP contribution in [0.3, 0.4) is 0 Å². The molecule has 1 fully saturated rings. The summed E-state index contributed by atoms with van der Waals surface area (Å²) in [6.45, 7) is 0.590. The van der Waals surface area contributed by atoms with Crippen LogP contribution in [0.25, 0.3) is 0 Å². The van der Waals surface area contributed by atoms with E-state index < -0.39 is 5.82 Å². The molecule has 116 valence electrons. The highest BCUT2D eigenvalue weighted by Crippen LogP contribution is 2.27. The van der Waals surface area contributed by atoms with Gasteiger partial charge >= 0.3 is 0 Å². The van der Waals surface area contributed by atoms with Gasteiger partial charge in [0.05, 0.1) is 0 Å². The number of carbonyl (C=O) groups excluding carboxylic acids is 1. The summed E-state index contributed by atoms with van der Waals surface area (Å²) in [5.74, 6) is -0.376. The average molecular weight is 319 g/mol. The number of para-hydroxylation sites is 1. The fourth-order valence-electron chi connectivity index (χ4n) is 2.37. The average Bonchev–Trinajstić information content (AvgIpc) is 3.22. The van der Waals surface area contributed by atoms with Crippen molar-refractivity contribution in [3.8, 4) is 5.75 Å². The number of nitrogens with zero attached hydrogens (tertiary/aromatic N) is 1. The second-order valence-corrected chi connectivity index (χ2v) is 6.40. The van der Waals surface area contributed by atoms with E-state index in [1.807, 2.05) is 16.3 Å². The molecule has 0 saturated heterocycles. The number of amides is 1. The topological polar surface area (TPSA) is 29.5 Å². The van der Waals surface area contributed by atoms with E-state index in [1.54, 1.807) is 23.5 Å². The number of hydrogen-bond donors (Lipinski definition) is 0. The highest BCUT2D eigenvalue weighted by atomic mass is 32.1. The fraction of sp³-hybridized carbons (Fsp3) is 0.353. The second kappa shape index (κ2) is 6.92. The minimum Gasteiger partial charge on any atom is -0.481 e. The summed E-state index contributed by atoms with van der Waals surface area (Å²) >= 11 is 1.70. The third-order valence-electron chi connectivity index (χ3n) is 3.67. The van der Waals surface area contributed by atoms with Crippen LogP contribution in [-0.2, 0) is 11.2 Å². The molecule has 1 amide bonds. The van der Waals surface area contributed by atoms with Crippen LogP contribution in [0, 0.1) is 5.82 Å². The van der Waals surface area contributed by atoms with Gasteiger partial charge in [0.15, 0.2) is 18.2 Å². The first-order chi connectivity index (χ1) is 10.7. The summed E-state index contributed by atoms with van der Waals surface area (Å²) < 4.78 is 18.8. The fourth-order valence-corrected chi connectivity index (χ4v) is 3.06. The van der Waals surface area contributed by atoms with Crippen molar-refractivity contribution in [3.63, 3.8) is 0 Å². The molecule has 1 aliphatic rings. The number of ether oxygens (including phenoxy) is 1. The van der Waals surface area contributed by atoms with E-state index >= 15 is 0 Å². The quantitative estimate of drug-likeness (QED) is 0.782. The molecule has 0 bridgehead atoms. The number of rotatable bonds is 7. The van der Waals surface area contributed by atoms with E-state index in [1.165, 1.54) is 17.0 Å². The molecule has 0 atom stereocenters. The lowest BCUT2D eigenvalue weighted by atomic mass is 10.3. The number of hydrogen-bond acceptors (Lipinski definition) is 3. The zero-order chi connectivity index (χ0) is 15.4. The molecule has 1 heterocycles. The molecule has 3 nitrogen and oxygen atoms in total. The lowest BCUT2D eigenvalue weighted by Gasteiger charge is -2.22. The van der Waals surface area contributed by atoms with Crippen molar-refractivity contribution in [2.24, 2.45) is 0 Å². The third-order valence-corrected chi connectivity index (χ3v) is 4.61. The molecule has 2 aromatic rings. The Kier molecular flexibility index (Phi) is 4.73. The van der Waals surface area contributed by atoms with Crippen LogP contribution >= 0.6 is 11.3 Å². The van der Waals surface area contributed by atoms with Gasteiger partial charge in [-0.25, -0.2) is 4.39 Å². The summed E-state index contributed by atoms with van der Waals surface area (Å²) in [6, 6.07) is 10.6. The Labute approximate surface area is 133 Å². The Balaban J connectivity index is 1.55. The molecular weight excluding hydrogens is 301 g/mol. The molecule has 5 heteroatoms. The summed E-state index contributed by atoms with van der Waals surface area (Å²) in [6.07, 6.45) is 2.96. The van der Waals surface area contributed by atoms with Crippen LogP contribution in [0.5, 0.6) is 5.75 Å². The molecule has 1 aromatic heterocycles. The third kappa shape index (κ3) is 3.85. The van der Waals surface area contributed by atoms with Crippen molar-refractivity contribution in [1.29, 1.82) is 0 Å². The van der Waals surface area contributed by atoms with Crippen LogP contribution in [0.2, 0.25) is 0 Å². The largest absolute Gasteiger partial charge is 0.481 e. The Morgan fingerprint density at radius 3 is 2.77 bits per heavy atom. The molecular formula is C17H18FNO2S. The van der Waals surface area contributed by atoms with Crippen LogP contribution in [0.1, 0.15) is 17.7 Å². The van der Waals surface area contributed by atoms with Gasteiger partial charge < -0.3 is 9.64 Å². The zero-order valence-corrected chi connectivity index (χ0v) is 13.0. The van der Waals surface area contributed by atoms with Gasteiger partial charge in [-0.05, 0) is 42.8 Å². The lowest BCUT2D eigenvalue weighted by molar-refractivity contribution is -0.134. The molecule has 3 rings (SSSR count). The van der Waals surface area contributed by atoms with Crippen LogP contribution in [0.4, 0.5) is 4.39 Å². The smallest absolute Gasteiger partial charge is 0.260 e. The van der Waals surface area contributed by atoms with Crippen LogP contribution in [0.15, 0.2) is 41.8 Å². The highest BCUT2D eigenvalue weighted by Gasteiger charge is 2.32. The Bertz CT molecular complexity index is 625. The van der Waals surface area contributed by atoms with Crippen molar-refractivity contribution < 1.29 is 13.9 Å². The van der Waals surface area contributed by atoms with E-state index in [9.17, 15) is 9.18 Å². The van der Waals surface area contributed by atoms with E-state index in [4.69, 9.17) is 4.74 Å². The standard InChI is InChI=1S/C17H18FNO2S/c18-15-5-1-2-6-16(15)21-12-17(20)19(13-7-8-13)10-9-14-4-3-11-22-14/h1-6,11,13H,7-10,12H2.